The molecule has 2 rings (SSSR count). The largest absolute Gasteiger partial charge is 0.484 e. The summed E-state index contributed by atoms with van der Waals surface area (Å²) < 4.78 is 6.11. The highest BCUT2D eigenvalue weighted by molar-refractivity contribution is 5.42. The van der Waals surface area contributed by atoms with Gasteiger partial charge in [-0.3, -0.25) is 4.98 Å². The van der Waals surface area contributed by atoms with Gasteiger partial charge in [-0.05, 0) is 37.1 Å². The maximum Gasteiger partial charge on any atom is 0.140 e. The molecule has 0 aliphatic rings. The van der Waals surface area contributed by atoms with Gasteiger partial charge in [-0.2, -0.15) is 5.26 Å². The number of benzene rings is 1. The number of hydrogen-bond donors (Lipinski definition) is 1. The first-order chi connectivity index (χ1) is 10.2. The van der Waals surface area contributed by atoms with Crippen molar-refractivity contribution in [2.75, 3.05) is 0 Å². The fraction of sp³-hybridized carbons (Fsp3) is 0.294. The Morgan fingerprint density at radius 2 is 2.19 bits per heavy atom. The molecule has 4 heteroatoms. The van der Waals surface area contributed by atoms with Crippen LogP contribution in [0.25, 0.3) is 0 Å². The Bertz CT molecular complexity index is 634. The van der Waals surface area contributed by atoms with E-state index in [-0.39, 0.29) is 12.1 Å². The zero-order valence-electron chi connectivity index (χ0n) is 12.3. The normalized spacial score (nSPS) is 13.2. The summed E-state index contributed by atoms with van der Waals surface area (Å²) in [6.45, 7) is 3.98. The summed E-state index contributed by atoms with van der Waals surface area (Å²) in [5.74, 6) is 0.687. The van der Waals surface area contributed by atoms with Crippen LogP contribution in [0.2, 0.25) is 0 Å². The van der Waals surface area contributed by atoms with Crippen molar-refractivity contribution in [1.29, 1.82) is 5.26 Å². The summed E-state index contributed by atoms with van der Waals surface area (Å²) in [5, 5.41) is 9.02. The zero-order valence-corrected chi connectivity index (χ0v) is 12.3. The quantitative estimate of drug-likeness (QED) is 0.914. The van der Waals surface area contributed by atoms with Gasteiger partial charge in [-0.25, -0.2) is 0 Å². The molecular weight excluding hydrogens is 262 g/mol. The minimum Gasteiger partial charge on any atom is -0.484 e. The first-order valence-electron chi connectivity index (χ1n) is 6.98. The fourth-order valence-electron chi connectivity index (χ4n) is 2.09. The van der Waals surface area contributed by atoms with E-state index in [1.165, 1.54) is 0 Å². The second-order valence-corrected chi connectivity index (χ2v) is 4.99. The third kappa shape index (κ3) is 3.59. The Kier molecular flexibility index (Phi) is 4.91. The minimum atomic E-state index is -0.281. The molecule has 0 aliphatic heterocycles. The second kappa shape index (κ2) is 6.87. The molecule has 0 saturated carbocycles. The number of ether oxygens (including phenoxy) is 1. The van der Waals surface area contributed by atoms with Crippen molar-refractivity contribution in [2.45, 2.75) is 32.4 Å². The lowest BCUT2D eigenvalue weighted by molar-refractivity contribution is 0.169. The number of hydrogen-bond acceptors (Lipinski definition) is 4. The highest BCUT2D eigenvalue weighted by Gasteiger charge is 2.21. The van der Waals surface area contributed by atoms with Gasteiger partial charge in [-0.1, -0.05) is 19.1 Å². The van der Waals surface area contributed by atoms with Crippen LogP contribution in [-0.4, -0.2) is 11.0 Å². The summed E-state index contributed by atoms with van der Waals surface area (Å²) in [5.41, 5.74) is 8.69. The van der Waals surface area contributed by atoms with Crippen molar-refractivity contribution in [2.24, 2.45) is 5.73 Å². The van der Waals surface area contributed by atoms with Gasteiger partial charge in [0.05, 0.1) is 11.6 Å². The number of aryl methyl sites for hydroxylation is 1. The molecule has 0 fully saturated rings. The van der Waals surface area contributed by atoms with E-state index < -0.39 is 0 Å². The van der Waals surface area contributed by atoms with Crippen molar-refractivity contribution < 1.29 is 4.74 Å². The van der Waals surface area contributed by atoms with Crippen LogP contribution in [0.15, 0.2) is 42.7 Å². The van der Waals surface area contributed by atoms with Gasteiger partial charge in [0.15, 0.2) is 0 Å². The van der Waals surface area contributed by atoms with Gasteiger partial charge in [0.1, 0.15) is 11.9 Å². The number of rotatable bonds is 5. The summed E-state index contributed by atoms with van der Waals surface area (Å²) >= 11 is 0. The molecule has 0 amide bonds. The molecule has 1 aromatic heterocycles. The van der Waals surface area contributed by atoms with Gasteiger partial charge in [-0.15, -0.1) is 0 Å². The summed E-state index contributed by atoms with van der Waals surface area (Å²) in [4.78, 5) is 4.13. The zero-order chi connectivity index (χ0) is 15.2. The average Bonchev–Trinajstić information content (AvgIpc) is 2.54. The van der Waals surface area contributed by atoms with Gasteiger partial charge in [0.2, 0.25) is 0 Å². The minimum absolute atomic E-state index is 0.139. The molecule has 0 aliphatic carbocycles. The van der Waals surface area contributed by atoms with Crippen LogP contribution in [0.5, 0.6) is 5.75 Å². The lowest BCUT2D eigenvalue weighted by Gasteiger charge is -2.25. The summed E-state index contributed by atoms with van der Waals surface area (Å²) in [6, 6.07) is 11.2. The number of aromatic nitrogens is 1. The Hall–Kier alpha value is -2.38. The van der Waals surface area contributed by atoms with Crippen LogP contribution in [0, 0.1) is 18.3 Å². The highest BCUT2D eigenvalue weighted by atomic mass is 16.5. The van der Waals surface area contributed by atoms with E-state index in [4.69, 9.17) is 15.7 Å². The van der Waals surface area contributed by atoms with Crippen LogP contribution < -0.4 is 10.5 Å². The molecule has 2 unspecified atom stereocenters. The number of nitrogens with two attached hydrogens (primary N) is 1. The SMILES string of the molecule is CCC(N)C(Oc1cc(C#N)ccc1C)c1cccnc1. The highest BCUT2D eigenvalue weighted by Crippen LogP contribution is 2.28. The Morgan fingerprint density at radius 1 is 1.38 bits per heavy atom. The number of pyridine rings is 1. The van der Waals surface area contributed by atoms with Crippen LogP contribution in [-0.2, 0) is 0 Å². The maximum atomic E-state index is 9.02. The van der Waals surface area contributed by atoms with Crippen molar-refractivity contribution in [1.82, 2.24) is 4.98 Å². The maximum absolute atomic E-state index is 9.02. The Labute approximate surface area is 125 Å². The molecule has 108 valence electrons. The van der Waals surface area contributed by atoms with E-state index in [0.717, 1.165) is 17.5 Å². The third-order valence-electron chi connectivity index (χ3n) is 3.44. The number of nitrogens with zero attached hydrogens (tertiary/aromatic N) is 2. The van der Waals surface area contributed by atoms with E-state index in [2.05, 4.69) is 11.1 Å². The summed E-state index contributed by atoms with van der Waals surface area (Å²) in [7, 11) is 0. The van der Waals surface area contributed by atoms with E-state index in [9.17, 15) is 0 Å². The molecule has 2 N–H and O–H groups in total. The fourth-order valence-corrected chi connectivity index (χ4v) is 2.09. The van der Waals surface area contributed by atoms with E-state index in [1.54, 1.807) is 24.5 Å². The lowest BCUT2D eigenvalue weighted by Crippen LogP contribution is -2.31. The van der Waals surface area contributed by atoms with Crippen molar-refractivity contribution >= 4 is 0 Å². The Balaban J connectivity index is 2.34. The van der Waals surface area contributed by atoms with E-state index in [0.29, 0.717) is 11.3 Å². The van der Waals surface area contributed by atoms with E-state index in [1.807, 2.05) is 32.0 Å². The molecular formula is C17H19N3O. The van der Waals surface area contributed by atoms with Crippen LogP contribution >= 0.6 is 0 Å². The smallest absolute Gasteiger partial charge is 0.140 e. The molecule has 0 radical (unpaired) electrons. The third-order valence-corrected chi connectivity index (χ3v) is 3.44. The van der Waals surface area contributed by atoms with Gasteiger partial charge < -0.3 is 10.5 Å². The molecule has 0 spiro atoms. The van der Waals surface area contributed by atoms with Crippen molar-refractivity contribution in [3.8, 4) is 11.8 Å². The van der Waals surface area contributed by atoms with Gasteiger partial charge in [0.25, 0.3) is 0 Å². The molecule has 0 bridgehead atoms. The van der Waals surface area contributed by atoms with Crippen molar-refractivity contribution in [3.63, 3.8) is 0 Å². The van der Waals surface area contributed by atoms with Crippen LogP contribution in [0.1, 0.15) is 36.1 Å². The molecule has 2 aromatic rings. The monoisotopic (exact) mass is 281 g/mol. The first kappa shape index (κ1) is 15.0. The Morgan fingerprint density at radius 3 is 2.81 bits per heavy atom. The molecule has 2 atom stereocenters. The van der Waals surface area contributed by atoms with Crippen molar-refractivity contribution in [3.05, 3.63) is 59.4 Å². The van der Waals surface area contributed by atoms with Gasteiger partial charge >= 0.3 is 0 Å². The standard InChI is InChI=1S/C17H19N3O/c1-3-15(19)17(14-5-4-8-20-11-14)21-16-9-13(10-18)7-6-12(16)2/h4-9,11,15,17H,3,19H2,1-2H3. The van der Waals surface area contributed by atoms with E-state index >= 15 is 0 Å². The molecule has 4 nitrogen and oxygen atoms in total. The molecule has 1 heterocycles. The van der Waals surface area contributed by atoms with Crippen LogP contribution in [0.3, 0.4) is 0 Å². The predicted molar refractivity (Wildman–Crippen MR) is 81.8 cm³/mol. The predicted octanol–water partition coefficient (Wildman–Crippen LogP) is 3.12. The van der Waals surface area contributed by atoms with Crippen LogP contribution in [0.4, 0.5) is 0 Å². The van der Waals surface area contributed by atoms with Gasteiger partial charge in [0, 0.05) is 24.0 Å². The average molecular weight is 281 g/mol. The second-order valence-electron chi connectivity index (χ2n) is 4.99. The first-order valence-corrected chi connectivity index (χ1v) is 6.98. The molecule has 0 saturated heterocycles. The summed E-state index contributed by atoms with van der Waals surface area (Å²) in [6.07, 6.45) is 4.00. The topological polar surface area (TPSA) is 71.9 Å². The molecule has 21 heavy (non-hydrogen) atoms. The number of nitriles is 1. The lowest BCUT2D eigenvalue weighted by atomic mass is 10.0. The molecule has 1 aromatic carbocycles.